The molecule has 0 bridgehead atoms. The van der Waals surface area contributed by atoms with Gasteiger partial charge in [0, 0.05) is 6.42 Å². The second-order valence-corrected chi connectivity index (χ2v) is 7.90. The van der Waals surface area contributed by atoms with E-state index in [1.165, 1.54) is 14.2 Å². The largest absolute Gasteiger partial charge is 0.469 e. The van der Waals surface area contributed by atoms with Gasteiger partial charge in [0.15, 0.2) is 5.78 Å². The molecule has 2 rings (SSSR count). The minimum atomic E-state index is -0.901. The summed E-state index contributed by atoms with van der Waals surface area (Å²) in [6, 6.07) is 0. The first-order valence-electron chi connectivity index (χ1n) is 8.09. The van der Waals surface area contributed by atoms with Gasteiger partial charge >= 0.3 is 11.9 Å². The van der Waals surface area contributed by atoms with Gasteiger partial charge in [-0.15, -0.1) is 0 Å². The molecule has 0 aromatic carbocycles. The van der Waals surface area contributed by atoms with Gasteiger partial charge in [-0.05, 0) is 37.3 Å². The quantitative estimate of drug-likeness (QED) is 0.733. The molecule has 0 amide bonds. The number of ether oxygens (including phenoxy) is 3. The summed E-state index contributed by atoms with van der Waals surface area (Å²) in [4.78, 5) is 36.8. The Morgan fingerprint density at radius 1 is 1.08 bits per heavy atom. The number of esters is 2. The van der Waals surface area contributed by atoms with Crippen molar-refractivity contribution in [2.75, 3.05) is 14.2 Å². The Balaban J connectivity index is 2.47. The average Bonchev–Trinajstić information content (AvgIpc) is 2.75. The van der Waals surface area contributed by atoms with Crippen molar-refractivity contribution >= 4 is 17.7 Å². The highest BCUT2D eigenvalue weighted by atomic mass is 16.6. The van der Waals surface area contributed by atoms with Crippen molar-refractivity contribution in [3.8, 4) is 0 Å². The molecule has 0 saturated carbocycles. The van der Waals surface area contributed by atoms with E-state index in [-0.39, 0.29) is 11.2 Å². The third-order valence-electron chi connectivity index (χ3n) is 4.84. The lowest BCUT2D eigenvalue weighted by Crippen LogP contribution is -2.41. The molecule has 1 aliphatic heterocycles. The molecule has 1 saturated heterocycles. The molecule has 3 atom stereocenters. The zero-order valence-electron chi connectivity index (χ0n) is 15.2. The van der Waals surface area contributed by atoms with Gasteiger partial charge in [-0.3, -0.25) is 14.4 Å². The highest BCUT2D eigenvalue weighted by Crippen LogP contribution is 2.47. The molecule has 6 nitrogen and oxygen atoms in total. The molecule has 1 heterocycles. The Morgan fingerprint density at radius 2 is 1.67 bits per heavy atom. The van der Waals surface area contributed by atoms with Crippen LogP contribution in [0.1, 0.15) is 40.5 Å². The third-order valence-corrected chi connectivity index (χ3v) is 4.84. The van der Waals surface area contributed by atoms with E-state index in [4.69, 9.17) is 14.2 Å². The van der Waals surface area contributed by atoms with Crippen LogP contribution in [0.2, 0.25) is 0 Å². The monoisotopic (exact) mass is 338 g/mol. The first kappa shape index (κ1) is 18.6. The van der Waals surface area contributed by atoms with Crippen molar-refractivity contribution in [1.29, 1.82) is 0 Å². The minimum absolute atomic E-state index is 0.00721. The molecule has 0 aromatic rings. The van der Waals surface area contributed by atoms with Gasteiger partial charge in [0.25, 0.3) is 0 Å². The number of methoxy groups -OCH3 is 2. The molecule has 6 heteroatoms. The van der Waals surface area contributed by atoms with E-state index in [0.29, 0.717) is 12.8 Å². The molecule has 24 heavy (non-hydrogen) atoms. The fourth-order valence-electron chi connectivity index (χ4n) is 3.92. The van der Waals surface area contributed by atoms with E-state index in [9.17, 15) is 14.4 Å². The molecular formula is C18H26O6. The Bertz CT molecular complexity index is 586. The van der Waals surface area contributed by atoms with Gasteiger partial charge in [0.1, 0.15) is 11.8 Å². The van der Waals surface area contributed by atoms with Crippen LogP contribution in [0, 0.1) is 17.3 Å². The number of hydrogen-bond acceptors (Lipinski definition) is 6. The van der Waals surface area contributed by atoms with Crippen molar-refractivity contribution < 1.29 is 28.6 Å². The normalized spacial score (nSPS) is 31.3. The van der Waals surface area contributed by atoms with Crippen LogP contribution in [-0.2, 0) is 28.6 Å². The summed E-state index contributed by atoms with van der Waals surface area (Å²) in [5.74, 6) is -2.66. The maximum Gasteiger partial charge on any atom is 0.312 e. The van der Waals surface area contributed by atoms with Crippen LogP contribution in [0.3, 0.4) is 0 Å². The average molecular weight is 338 g/mol. The van der Waals surface area contributed by atoms with Crippen LogP contribution in [0.15, 0.2) is 11.6 Å². The predicted octanol–water partition coefficient (Wildman–Crippen LogP) is 2.06. The zero-order valence-corrected chi connectivity index (χ0v) is 15.2. The molecule has 2 aliphatic rings. The molecule has 0 N–H and O–H groups in total. The van der Waals surface area contributed by atoms with Crippen molar-refractivity contribution in [3.63, 3.8) is 0 Å². The highest BCUT2D eigenvalue weighted by Gasteiger charge is 2.58. The summed E-state index contributed by atoms with van der Waals surface area (Å²) >= 11 is 0. The summed E-state index contributed by atoms with van der Waals surface area (Å²) < 4.78 is 15.9. The van der Waals surface area contributed by atoms with Gasteiger partial charge in [-0.1, -0.05) is 13.8 Å². The van der Waals surface area contributed by atoms with Crippen molar-refractivity contribution in [1.82, 2.24) is 0 Å². The van der Waals surface area contributed by atoms with Gasteiger partial charge in [-0.2, -0.15) is 0 Å². The second kappa shape index (κ2) is 6.31. The number of ketones is 1. The molecule has 134 valence electrons. The molecular weight excluding hydrogens is 312 g/mol. The fraction of sp³-hybridized carbons (Fsp3) is 0.722. The third kappa shape index (κ3) is 3.38. The molecule has 1 aliphatic carbocycles. The Hall–Kier alpha value is -1.69. The van der Waals surface area contributed by atoms with Gasteiger partial charge in [0.05, 0.1) is 25.9 Å². The van der Waals surface area contributed by atoms with E-state index < -0.39 is 35.5 Å². The van der Waals surface area contributed by atoms with Crippen molar-refractivity contribution in [2.24, 2.45) is 17.3 Å². The second-order valence-electron chi connectivity index (χ2n) is 7.90. The van der Waals surface area contributed by atoms with E-state index in [2.05, 4.69) is 0 Å². The maximum absolute atomic E-state index is 12.4. The highest BCUT2D eigenvalue weighted by molar-refractivity contribution is 5.92. The Kier molecular flexibility index (Phi) is 4.91. The van der Waals surface area contributed by atoms with Crippen LogP contribution in [0.5, 0.6) is 0 Å². The van der Waals surface area contributed by atoms with E-state index in [1.807, 2.05) is 13.8 Å². The summed E-state index contributed by atoms with van der Waals surface area (Å²) in [6.07, 6.45) is 1.97. The lowest BCUT2D eigenvalue weighted by molar-refractivity contribution is -0.158. The number of allylic oxidation sites excluding steroid dienone is 1. The number of carbonyl (C=O) groups excluding carboxylic acids is 3. The topological polar surface area (TPSA) is 78.9 Å². The number of rotatable bonds is 3. The molecule has 3 unspecified atom stereocenters. The first-order chi connectivity index (χ1) is 11.0. The SMILES string of the molecule is COC(=O)C1C(C2=CC(=O)CC(C)(C)C2)OC(C)(C)C1C(=O)OC. The standard InChI is InChI=1S/C18H26O6/c1-17(2)8-10(7-11(19)9-17)14-12(15(20)22-5)13(16(21)23-6)18(3,4)24-14/h7,12-14H,8-9H2,1-6H3. The smallest absolute Gasteiger partial charge is 0.312 e. The van der Waals surface area contributed by atoms with Crippen molar-refractivity contribution in [3.05, 3.63) is 11.6 Å². The van der Waals surface area contributed by atoms with E-state index >= 15 is 0 Å². The number of carbonyl (C=O) groups is 3. The van der Waals surface area contributed by atoms with Crippen molar-refractivity contribution in [2.45, 2.75) is 52.2 Å². The van der Waals surface area contributed by atoms with Gasteiger partial charge in [0.2, 0.25) is 0 Å². The molecule has 0 aromatic heterocycles. The zero-order chi connectivity index (χ0) is 18.3. The maximum atomic E-state index is 12.4. The van der Waals surface area contributed by atoms with Gasteiger partial charge < -0.3 is 14.2 Å². The Morgan fingerprint density at radius 3 is 2.17 bits per heavy atom. The van der Waals surface area contributed by atoms with Gasteiger partial charge in [-0.25, -0.2) is 0 Å². The summed E-state index contributed by atoms with van der Waals surface area (Å²) in [5, 5.41) is 0. The van der Waals surface area contributed by atoms with Crippen LogP contribution in [0.4, 0.5) is 0 Å². The summed E-state index contributed by atoms with van der Waals surface area (Å²) in [7, 11) is 2.57. The summed E-state index contributed by atoms with van der Waals surface area (Å²) in [6.45, 7) is 7.51. The lowest BCUT2D eigenvalue weighted by Gasteiger charge is -2.32. The molecule has 1 fully saturated rings. The number of hydrogen-bond donors (Lipinski definition) is 0. The van der Waals surface area contributed by atoms with E-state index in [1.54, 1.807) is 19.9 Å². The lowest BCUT2D eigenvalue weighted by atomic mass is 9.72. The molecule has 0 radical (unpaired) electrons. The molecule has 0 spiro atoms. The Labute approximate surface area is 142 Å². The van der Waals surface area contributed by atoms with Crippen LogP contribution in [-0.4, -0.2) is 43.6 Å². The van der Waals surface area contributed by atoms with Crippen LogP contribution >= 0.6 is 0 Å². The van der Waals surface area contributed by atoms with Crippen LogP contribution < -0.4 is 0 Å². The summed E-state index contributed by atoms with van der Waals surface area (Å²) in [5.41, 5.74) is -0.369. The van der Waals surface area contributed by atoms with E-state index in [0.717, 1.165) is 5.57 Å². The minimum Gasteiger partial charge on any atom is -0.469 e. The first-order valence-corrected chi connectivity index (χ1v) is 8.09. The van der Waals surface area contributed by atoms with Crippen LogP contribution in [0.25, 0.3) is 0 Å². The fourth-order valence-corrected chi connectivity index (χ4v) is 3.92. The predicted molar refractivity (Wildman–Crippen MR) is 86.1 cm³/mol.